The van der Waals surface area contributed by atoms with E-state index in [-0.39, 0.29) is 5.97 Å². The van der Waals surface area contributed by atoms with Crippen LogP contribution in [0.25, 0.3) is 0 Å². The van der Waals surface area contributed by atoms with Gasteiger partial charge in [0.25, 0.3) is 0 Å². The molecule has 0 spiro atoms. The number of hydrogen-bond acceptors (Lipinski definition) is 5. The fraction of sp³-hybridized carbons (Fsp3) is 0.385. The van der Waals surface area contributed by atoms with Gasteiger partial charge in [-0.1, -0.05) is 12.1 Å². The van der Waals surface area contributed by atoms with Gasteiger partial charge < -0.3 is 14.8 Å². The molecule has 104 valence electrons. The number of ether oxygens (including phenoxy) is 2. The van der Waals surface area contributed by atoms with E-state index in [0.717, 1.165) is 4.90 Å². The van der Waals surface area contributed by atoms with Gasteiger partial charge in [-0.25, -0.2) is 4.79 Å². The van der Waals surface area contributed by atoms with Crippen molar-refractivity contribution in [3.05, 3.63) is 24.3 Å². The van der Waals surface area contributed by atoms with Crippen LogP contribution in [-0.2, 0) is 9.53 Å². The molecule has 0 aromatic heterocycles. The number of carbonyl (C=O) groups excluding carboxylic acids is 2. The van der Waals surface area contributed by atoms with E-state index in [1.807, 2.05) is 12.1 Å². The third kappa shape index (κ3) is 5.65. The summed E-state index contributed by atoms with van der Waals surface area (Å²) in [7, 11) is 1.50. The van der Waals surface area contributed by atoms with E-state index < -0.39 is 6.09 Å². The first-order chi connectivity index (χ1) is 9.17. The van der Waals surface area contributed by atoms with Gasteiger partial charge in [-0.3, -0.25) is 4.79 Å². The van der Waals surface area contributed by atoms with E-state index in [2.05, 4.69) is 5.32 Å². The molecule has 0 heterocycles. The molecule has 0 bridgehead atoms. The summed E-state index contributed by atoms with van der Waals surface area (Å²) >= 11 is 1.45. The summed E-state index contributed by atoms with van der Waals surface area (Å²) in [6, 6.07) is 7.19. The van der Waals surface area contributed by atoms with Crippen molar-refractivity contribution in [2.45, 2.75) is 18.2 Å². The Morgan fingerprint density at radius 1 is 1.32 bits per heavy atom. The summed E-state index contributed by atoms with van der Waals surface area (Å²) in [6.45, 7) is 2.16. The standard InChI is InChI=1S/C13H17NO4S/c1-3-17-12(15)8-9-19-11-7-5-4-6-10(11)18-13(16)14-2/h4-7H,3,8-9H2,1-2H3,(H,14,16). The Kier molecular flexibility index (Phi) is 6.81. The van der Waals surface area contributed by atoms with Gasteiger partial charge in [0.1, 0.15) is 5.75 Å². The summed E-state index contributed by atoms with van der Waals surface area (Å²) in [5.74, 6) is 0.836. The molecule has 0 fully saturated rings. The molecule has 5 nitrogen and oxygen atoms in total. The molecule has 19 heavy (non-hydrogen) atoms. The van der Waals surface area contributed by atoms with Crippen molar-refractivity contribution in [1.82, 2.24) is 5.32 Å². The van der Waals surface area contributed by atoms with E-state index in [4.69, 9.17) is 9.47 Å². The van der Waals surface area contributed by atoms with Crippen LogP contribution in [0.15, 0.2) is 29.2 Å². The van der Waals surface area contributed by atoms with Crippen LogP contribution in [0.1, 0.15) is 13.3 Å². The monoisotopic (exact) mass is 283 g/mol. The number of amides is 1. The smallest absolute Gasteiger partial charge is 0.412 e. The Hall–Kier alpha value is -1.69. The van der Waals surface area contributed by atoms with Crippen LogP contribution in [0.4, 0.5) is 4.79 Å². The number of hydrogen-bond donors (Lipinski definition) is 1. The van der Waals surface area contributed by atoms with Gasteiger partial charge in [0.2, 0.25) is 0 Å². The van der Waals surface area contributed by atoms with Gasteiger partial charge in [-0.15, -0.1) is 11.8 Å². The van der Waals surface area contributed by atoms with E-state index in [0.29, 0.717) is 24.5 Å². The highest BCUT2D eigenvalue weighted by atomic mass is 32.2. The van der Waals surface area contributed by atoms with Crippen LogP contribution in [-0.4, -0.2) is 31.5 Å². The maximum atomic E-state index is 11.2. The molecular weight excluding hydrogens is 266 g/mol. The van der Waals surface area contributed by atoms with Crippen molar-refractivity contribution in [3.63, 3.8) is 0 Å². The lowest BCUT2D eigenvalue weighted by molar-refractivity contribution is -0.142. The molecule has 1 aromatic rings. The fourth-order valence-electron chi connectivity index (χ4n) is 1.28. The minimum absolute atomic E-state index is 0.222. The summed E-state index contributed by atoms with van der Waals surface area (Å²) in [5.41, 5.74) is 0. The summed E-state index contributed by atoms with van der Waals surface area (Å²) in [4.78, 5) is 23.2. The molecule has 1 amide bonds. The number of thioether (sulfide) groups is 1. The Morgan fingerprint density at radius 3 is 2.74 bits per heavy atom. The van der Waals surface area contributed by atoms with Gasteiger partial charge in [0, 0.05) is 12.8 Å². The Bertz CT molecular complexity index is 436. The van der Waals surface area contributed by atoms with Crippen molar-refractivity contribution >= 4 is 23.8 Å². The number of para-hydroxylation sites is 1. The second-order valence-electron chi connectivity index (χ2n) is 3.49. The molecule has 0 unspecified atom stereocenters. The number of nitrogens with one attached hydrogen (secondary N) is 1. The van der Waals surface area contributed by atoms with Gasteiger partial charge in [0.15, 0.2) is 0 Å². The number of rotatable bonds is 6. The first-order valence-corrected chi connectivity index (χ1v) is 6.93. The normalized spacial score (nSPS) is 9.79. The summed E-state index contributed by atoms with van der Waals surface area (Å²) in [5, 5.41) is 2.39. The zero-order valence-corrected chi connectivity index (χ0v) is 11.8. The molecule has 0 saturated carbocycles. The van der Waals surface area contributed by atoms with Crippen LogP contribution >= 0.6 is 11.8 Å². The van der Waals surface area contributed by atoms with E-state index in [1.165, 1.54) is 18.8 Å². The van der Waals surface area contributed by atoms with Gasteiger partial charge in [-0.2, -0.15) is 0 Å². The number of esters is 1. The van der Waals surface area contributed by atoms with Gasteiger partial charge in [-0.05, 0) is 19.1 Å². The predicted molar refractivity (Wildman–Crippen MR) is 73.5 cm³/mol. The van der Waals surface area contributed by atoms with Crippen molar-refractivity contribution < 1.29 is 19.1 Å². The molecule has 1 rings (SSSR count). The lowest BCUT2D eigenvalue weighted by Gasteiger charge is -2.08. The highest BCUT2D eigenvalue weighted by molar-refractivity contribution is 7.99. The van der Waals surface area contributed by atoms with Crippen molar-refractivity contribution in [3.8, 4) is 5.75 Å². The molecule has 0 aliphatic carbocycles. The largest absolute Gasteiger partial charge is 0.466 e. The Labute approximate surface area is 116 Å². The highest BCUT2D eigenvalue weighted by Gasteiger charge is 2.09. The molecule has 0 aliphatic rings. The second kappa shape index (κ2) is 8.42. The first-order valence-electron chi connectivity index (χ1n) is 5.94. The Balaban J connectivity index is 2.53. The Morgan fingerprint density at radius 2 is 2.05 bits per heavy atom. The lowest BCUT2D eigenvalue weighted by Crippen LogP contribution is -2.22. The zero-order valence-electron chi connectivity index (χ0n) is 11.0. The topological polar surface area (TPSA) is 64.6 Å². The van der Waals surface area contributed by atoms with Crippen molar-refractivity contribution in [1.29, 1.82) is 0 Å². The SMILES string of the molecule is CCOC(=O)CCSc1ccccc1OC(=O)NC. The molecule has 0 saturated heterocycles. The molecule has 6 heteroatoms. The molecule has 0 aliphatic heterocycles. The summed E-state index contributed by atoms with van der Waals surface area (Å²) < 4.78 is 9.96. The molecule has 1 N–H and O–H groups in total. The molecule has 1 aromatic carbocycles. The maximum absolute atomic E-state index is 11.2. The average molecular weight is 283 g/mol. The zero-order chi connectivity index (χ0) is 14.1. The molecular formula is C13H17NO4S. The quantitative estimate of drug-likeness (QED) is 0.641. The van der Waals surface area contributed by atoms with Gasteiger partial charge >= 0.3 is 12.1 Å². The summed E-state index contributed by atoms with van der Waals surface area (Å²) in [6.07, 6.45) is -0.189. The molecule has 0 atom stereocenters. The van der Waals surface area contributed by atoms with Crippen molar-refractivity contribution in [2.24, 2.45) is 0 Å². The lowest BCUT2D eigenvalue weighted by atomic mass is 10.3. The van der Waals surface area contributed by atoms with Crippen LogP contribution in [0, 0.1) is 0 Å². The van der Waals surface area contributed by atoms with E-state index in [9.17, 15) is 9.59 Å². The highest BCUT2D eigenvalue weighted by Crippen LogP contribution is 2.29. The first kappa shape index (κ1) is 15.4. The van der Waals surface area contributed by atoms with E-state index in [1.54, 1.807) is 19.1 Å². The van der Waals surface area contributed by atoms with Crippen molar-refractivity contribution in [2.75, 3.05) is 19.4 Å². The van der Waals surface area contributed by atoms with Crippen LogP contribution in [0.3, 0.4) is 0 Å². The molecule has 0 radical (unpaired) electrons. The second-order valence-corrected chi connectivity index (χ2v) is 4.63. The fourth-order valence-corrected chi connectivity index (χ4v) is 2.20. The van der Waals surface area contributed by atoms with Gasteiger partial charge in [0.05, 0.1) is 17.9 Å². The average Bonchev–Trinajstić information content (AvgIpc) is 2.41. The minimum Gasteiger partial charge on any atom is -0.466 e. The van der Waals surface area contributed by atoms with Crippen LogP contribution in [0.5, 0.6) is 5.75 Å². The maximum Gasteiger partial charge on any atom is 0.412 e. The minimum atomic E-state index is -0.515. The van der Waals surface area contributed by atoms with Crippen LogP contribution < -0.4 is 10.1 Å². The van der Waals surface area contributed by atoms with E-state index >= 15 is 0 Å². The third-order valence-electron chi connectivity index (χ3n) is 2.13. The number of carbonyl (C=O) groups is 2. The predicted octanol–water partition coefficient (Wildman–Crippen LogP) is 2.45. The van der Waals surface area contributed by atoms with Crippen LogP contribution in [0.2, 0.25) is 0 Å². The number of benzene rings is 1. The third-order valence-corrected chi connectivity index (χ3v) is 3.18.